The molecule has 0 bridgehead atoms. The minimum Gasteiger partial charge on any atom is -0.497 e. The summed E-state index contributed by atoms with van der Waals surface area (Å²) in [6.45, 7) is 2.18. The summed E-state index contributed by atoms with van der Waals surface area (Å²) < 4.78 is 45.6. The zero-order chi connectivity index (χ0) is 17.4. The van der Waals surface area contributed by atoms with E-state index in [0.717, 1.165) is 29.0 Å². The lowest BCUT2D eigenvalue weighted by molar-refractivity contribution is 0.0671. The molecule has 0 saturated carbocycles. The fraction of sp³-hybridized carbons (Fsp3) is 0.278. The van der Waals surface area contributed by atoms with Gasteiger partial charge in [0.1, 0.15) is 5.75 Å². The maximum atomic E-state index is 13.9. The average Bonchev–Trinajstić information content (AvgIpc) is 2.59. The van der Waals surface area contributed by atoms with E-state index in [1.54, 1.807) is 13.2 Å². The second-order valence-corrected chi connectivity index (χ2v) is 5.71. The van der Waals surface area contributed by atoms with E-state index in [1.165, 1.54) is 4.90 Å². The number of fused-ring (bicyclic) bond motifs is 1. The molecule has 3 nitrogen and oxygen atoms in total. The van der Waals surface area contributed by atoms with Crippen molar-refractivity contribution in [2.24, 2.45) is 0 Å². The molecule has 0 aromatic heterocycles. The van der Waals surface area contributed by atoms with Crippen LogP contribution < -0.4 is 4.74 Å². The van der Waals surface area contributed by atoms with Crippen LogP contribution >= 0.6 is 0 Å². The number of rotatable bonds is 2. The maximum absolute atomic E-state index is 13.9. The van der Waals surface area contributed by atoms with Gasteiger partial charge in [-0.15, -0.1) is 0 Å². The van der Waals surface area contributed by atoms with Crippen molar-refractivity contribution in [2.75, 3.05) is 13.7 Å². The quantitative estimate of drug-likeness (QED) is 0.780. The molecule has 1 heterocycles. The molecule has 6 heteroatoms. The maximum Gasteiger partial charge on any atom is 0.257 e. The van der Waals surface area contributed by atoms with Crippen molar-refractivity contribution >= 4 is 5.91 Å². The molecule has 0 saturated heterocycles. The number of amides is 1. The Labute approximate surface area is 137 Å². The van der Waals surface area contributed by atoms with Crippen LogP contribution in [0.25, 0.3) is 0 Å². The van der Waals surface area contributed by atoms with Crippen LogP contribution in [0.3, 0.4) is 0 Å². The van der Waals surface area contributed by atoms with Crippen molar-refractivity contribution in [3.05, 3.63) is 64.5 Å². The molecular weight excluding hydrogens is 319 g/mol. The van der Waals surface area contributed by atoms with Gasteiger partial charge in [0, 0.05) is 6.54 Å². The van der Waals surface area contributed by atoms with Crippen LogP contribution in [0, 0.1) is 17.5 Å². The Balaban J connectivity index is 1.93. The van der Waals surface area contributed by atoms with E-state index in [1.807, 2.05) is 19.1 Å². The molecule has 0 spiro atoms. The van der Waals surface area contributed by atoms with Gasteiger partial charge in [0.25, 0.3) is 5.91 Å². The lowest BCUT2D eigenvalue weighted by Gasteiger charge is -2.35. The van der Waals surface area contributed by atoms with Gasteiger partial charge in [0.15, 0.2) is 17.5 Å². The molecule has 0 radical (unpaired) electrons. The summed E-state index contributed by atoms with van der Waals surface area (Å²) >= 11 is 0. The number of hydrogen-bond donors (Lipinski definition) is 0. The van der Waals surface area contributed by atoms with Crippen LogP contribution in [0.1, 0.15) is 34.5 Å². The zero-order valence-electron chi connectivity index (χ0n) is 13.3. The Morgan fingerprint density at radius 3 is 2.62 bits per heavy atom. The van der Waals surface area contributed by atoms with E-state index < -0.39 is 28.9 Å². The third-order valence-electron chi connectivity index (χ3n) is 4.42. The molecule has 1 amide bonds. The molecule has 126 valence electrons. The lowest BCUT2D eigenvalue weighted by atomic mass is 9.92. The highest BCUT2D eigenvalue weighted by molar-refractivity contribution is 5.95. The van der Waals surface area contributed by atoms with Gasteiger partial charge in [-0.2, -0.15) is 0 Å². The fourth-order valence-corrected chi connectivity index (χ4v) is 3.06. The number of benzene rings is 2. The summed E-state index contributed by atoms with van der Waals surface area (Å²) in [5.74, 6) is -4.32. The van der Waals surface area contributed by atoms with Crippen LogP contribution in [-0.2, 0) is 6.42 Å². The van der Waals surface area contributed by atoms with E-state index in [0.29, 0.717) is 13.0 Å². The highest BCUT2D eigenvalue weighted by Gasteiger charge is 2.31. The largest absolute Gasteiger partial charge is 0.497 e. The molecule has 3 rings (SSSR count). The standard InChI is InChI=1S/C18H16F3NO2/c1-10-13-4-3-12(24-2)9-11(13)7-8-22(10)18(23)14-5-6-15(19)17(21)16(14)20/h3-6,9-10H,7-8H2,1-2H3. The summed E-state index contributed by atoms with van der Waals surface area (Å²) in [5, 5.41) is 0. The number of carbonyl (C=O) groups is 1. The summed E-state index contributed by atoms with van der Waals surface area (Å²) in [7, 11) is 1.58. The van der Waals surface area contributed by atoms with Gasteiger partial charge >= 0.3 is 0 Å². The van der Waals surface area contributed by atoms with Gasteiger partial charge in [-0.1, -0.05) is 6.07 Å². The van der Waals surface area contributed by atoms with Gasteiger partial charge in [0.05, 0.1) is 18.7 Å². The van der Waals surface area contributed by atoms with Crippen molar-refractivity contribution < 1.29 is 22.7 Å². The summed E-state index contributed by atoms with van der Waals surface area (Å²) in [5.41, 5.74) is 1.52. The Morgan fingerprint density at radius 1 is 1.17 bits per heavy atom. The van der Waals surface area contributed by atoms with E-state index in [-0.39, 0.29) is 6.04 Å². The van der Waals surface area contributed by atoms with Gasteiger partial charge in [0.2, 0.25) is 0 Å². The summed E-state index contributed by atoms with van der Waals surface area (Å²) in [6, 6.07) is 7.00. The van der Waals surface area contributed by atoms with Crippen molar-refractivity contribution in [1.82, 2.24) is 4.90 Å². The van der Waals surface area contributed by atoms with E-state index in [4.69, 9.17) is 4.74 Å². The minimum atomic E-state index is -1.63. The normalized spacial score (nSPS) is 16.7. The second-order valence-electron chi connectivity index (χ2n) is 5.71. The van der Waals surface area contributed by atoms with Crippen LogP contribution in [0.5, 0.6) is 5.75 Å². The molecule has 24 heavy (non-hydrogen) atoms. The van der Waals surface area contributed by atoms with Crippen molar-refractivity contribution in [3.63, 3.8) is 0 Å². The number of methoxy groups -OCH3 is 1. The molecule has 2 aromatic carbocycles. The SMILES string of the molecule is COc1ccc2c(c1)CCN(C(=O)c1ccc(F)c(F)c1F)C2C. The Hall–Kier alpha value is -2.50. The van der Waals surface area contributed by atoms with Crippen molar-refractivity contribution in [2.45, 2.75) is 19.4 Å². The summed E-state index contributed by atoms with van der Waals surface area (Å²) in [4.78, 5) is 14.1. The number of carbonyl (C=O) groups excluding carboxylic acids is 1. The first-order chi connectivity index (χ1) is 11.4. The molecule has 1 aliphatic rings. The molecule has 1 unspecified atom stereocenters. The first-order valence-electron chi connectivity index (χ1n) is 7.55. The first-order valence-corrected chi connectivity index (χ1v) is 7.55. The second kappa shape index (κ2) is 6.19. The topological polar surface area (TPSA) is 29.5 Å². The molecule has 1 atom stereocenters. The van der Waals surface area contributed by atoms with Gasteiger partial charge in [-0.3, -0.25) is 4.79 Å². The Morgan fingerprint density at radius 2 is 1.92 bits per heavy atom. The fourth-order valence-electron chi connectivity index (χ4n) is 3.06. The van der Waals surface area contributed by atoms with Crippen LogP contribution in [0.4, 0.5) is 13.2 Å². The van der Waals surface area contributed by atoms with Gasteiger partial charge in [-0.25, -0.2) is 13.2 Å². The smallest absolute Gasteiger partial charge is 0.257 e. The zero-order valence-corrected chi connectivity index (χ0v) is 13.3. The highest BCUT2D eigenvalue weighted by atomic mass is 19.2. The third kappa shape index (κ3) is 2.62. The molecule has 0 fully saturated rings. The predicted molar refractivity (Wildman–Crippen MR) is 82.5 cm³/mol. The third-order valence-corrected chi connectivity index (χ3v) is 4.42. The predicted octanol–water partition coefficient (Wildman–Crippen LogP) is 3.87. The molecule has 0 N–H and O–H groups in total. The van der Waals surface area contributed by atoms with Crippen LogP contribution in [0.2, 0.25) is 0 Å². The summed E-state index contributed by atoms with van der Waals surface area (Å²) in [6.07, 6.45) is 0.577. The molecule has 1 aliphatic heterocycles. The lowest BCUT2D eigenvalue weighted by Crippen LogP contribution is -2.39. The van der Waals surface area contributed by atoms with Crippen LogP contribution in [-0.4, -0.2) is 24.5 Å². The molecule has 0 aliphatic carbocycles. The number of hydrogen-bond acceptors (Lipinski definition) is 2. The van der Waals surface area contributed by atoms with Crippen LogP contribution in [0.15, 0.2) is 30.3 Å². The van der Waals surface area contributed by atoms with Crippen molar-refractivity contribution in [3.8, 4) is 5.75 Å². The molecule has 2 aromatic rings. The Bertz CT molecular complexity index is 807. The van der Waals surface area contributed by atoms with E-state index >= 15 is 0 Å². The van der Waals surface area contributed by atoms with E-state index in [2.05, 4.69) is 0 Å². The number of halogens is 3. The van der Waals surface area contributed by atoms with Gasteiger partial charge in [-0.05, 0) is 48.7 Å². The average molecular weight is 335 g/mol. The number of nitrogens with zero attached hydrogens (tertiary/aromatic N) is 1. The minimum absolute atomic E-state index is 0.306. The van der Waals surface area contributed by atoms with Crippen molar-refractivity contribution in [1.29, 1.82) is 0 Å². The monoisotopic (exact) mass is 335 g/mol. The number of ether oxygens (including phenoxy) is 1. The first kappa shape index (κ1) is 16.4. The Kier molecular flexibility index (Phi) is 4.22. The van der Waals surface area contributed by atoms with E-state index in [9.17, 15) is 18.0 Å². The molecular formula is C18H16F3NO2. The highest BCUT2D eigenvalue weighted by Crippen LogP contribution is 2.33. The van der Waals surface area contributed by atoms with Gasteiger partial charge < -0.3 is 9.64 Å².